The minimum atomic E-state index is -0.659. The molecule has 160 valence electrons. The molecular formula is C23H14ClFN2O4S. The summed E-state index contributed by atoms with van der Waals surface area (Å²) in [5, 5.41) is 22.4. The van der Waals surface area contributed by atoms with Gasteiger partial charge in [0, 0.05) is 10.6 Å². The molecule has 2 N–H and O–H groups in total. The van der Waals surface area contributed by atoms with Gasteiger partial charge in [-0.15, -0.1) is 0 Å². The van der Waals surface area contributed by atoms with Crippen molar-refractivity contribution >= 4 is 38.9 Å². The normalized spacial score (nSPS) is 11.3. The molecule has 0 fully saturated rings. The standard InChI is InChI=1S/C23H14ClFN2O4S/c1-11-5-8-16(31-11)20(28)18-19(12-3-2-4-14(25)9-12)27(22(30)21(18)29)23-26-15-7-6-13(24)10-17(15)32-23/h2-10,29-30H,1H3. The van der Waals surface area contributed by atoms with Crippen LogP contribution in [0.2, 0.25) is 5.02 Å². The molecule has 6 nitrogen and oxygen atoms in total. The zero-order valence-electron chi connectivity index (χ0n) is 16.5. The first-order valence-electron chi connectivity index (χ1n) is 9.43. The molecule has 0 saturated carbocycles. The van der Waals surface area contributed by atoms with Crippen molar-refractivity contribution in [1.29, 1.82) is 0 Å². The molecular weight excluding hydrogens is 455 g/mol. The van der Waals surface area contributed by atoms with Gasteiger partial charge in [-0.1, -0.05) is 35.1 Å². The van der Waals surface area contributed by atoms with E-state index in [0.29, 0.717) is 16.3 Å². The first kappa shape index (κ1) is 20.3. The first-order valence-corrected chi connectivity index (χ1v) is 10.6. The van der Waals surface area contributed by atoms with Crippen molar-refractivity contribution in [2.45, 2.75) is 6.92 Å². The lowest BCUT2D eigenvalue weighted by atomic mass is 10.0. The summed E-state index contributed by atoms with van der Waals surface area (Å²) < 4.78 is 21.5. The van der Waals surface area contributed by atoms with Gasteiger partial charge in [-0.05, 0) is 49.4 Å². The van der Waals surface area contributed by atoms with E-state index < -0.39 is 23.2 Å². The van der Waals surface area contributed by atoms with Gasteiger partial charge < -0.3 is 14.6 Å². The van der Waals surface area contributed by atoms with Gasteiger partial charge >= 0.3 is 0 Å². The van der Waals surface area contributed by atoms with Crippen LogP contribution in [-0.2, 0) is 0 Å². The van der Waals surface area contributed by atoms with Crippen molar-refractivity contribution in [2.24, 2.45) is 0 Å². The number of carbonyl (C=O) groups excluding carboxylic acids is 1. The number of aromatic hydroxyl groups is 2. The van der Waals surface area contributed by atoms with E-state index in [0.717, 1.165) is 4.70 Å². The fraction of sp³-hybridized carbons (Fsp3) is 0.0435. The van der Waals surface area contributed by atoms with Crippen LogP contribution in [0, 0.1) is 12.7 Å². The van der Waals surface area contributed by atoms with E-state index in [-0.39, 0.29) is 27.7 Å². The molecule has 3 aromatic heterocycles. The summed E-state index contributed by atoms with van der Waals surface area (Å²) in [5.41, 5.74) is 0.745. The Balaban J connectivity index is 1.82. The van der Waals surface area contributed by atoms with E-state index in [4.69, 9.17) is 16.0 Å². The van der Waals surface area contributed by atoms with Crippen LogP contribution in [0.1, 0.15) is 21.9 Å². The van der Waals surface area contributed by atoms with Gasteiger partial charge in [0.05, 0.1) is 21.5 Å². The van der Waals surface area contributed by atoms with Crippen molar-refractivity contribution in [3.8, 4) is 28.0 Å². The van der Waals surface area contributed by atoms with Crippen LogP contribution in [0.25, 0.3) is 26.6 Å². The van der Waals surface area contributed by atoms with Crippen LogP contribution in [-0.4, -0.2) is 25.5 Å². The zero-order valence-corrected chi connectivity index (χ0v) is 18.0. The number of furan rings is 1. The van der Waals surface area contributed by atoms with Gasteiger partial charge in [-0.2, -0.15) is 0 Å². The Morgan fingerprint density at radius 1 is 1.16 bits per heavy atom. The lowest BCUT2D eigenvalue weighted by molar-refractivity contribution is 0.101. The third-order valence-corrected chi connectivity index (χ3v) is 6.18. The number of benzene rings is 2. The number of thiazole rings is 1. The molecule has 0 atom stereocenters. The topological polar surface area (TPSA) is 88.5 Å². The Hall–Kier alpha value is -3.62. The summed E-state index contributed by atoms with van der Waals surface area (Å²) in [6.45, 7) is 1.68. The lowest BCUT2D eigenvalue weighted by Crippen LogP contribution is -2.04. The molecule has 3 heterocycles. The Morgan fingerprint density at radius 2 is 1.97 bits per heavy atom. The molecule has 2 aromatic carbocycles. The number of carbonyl (C=O) groups is 1. The average Bonchev–Trinajstić information content (AvgIpc) is 3.44. The van der Waals surface area contributed by atoms with E-state index in [1.54, 1.807) is 37.3 Å². The van der Waals surface area contributed by atoms with E-state index >= 15 is 0 Å². The summed E-state index contributed by atoms with van der Waals surface area (Å²) in [5.74, 6) is -1.97. The van der Waals surface area contributed by atoms with Crippen molar-refractivity contribution in [3.63, 3.8) is 0 Å². The number of fused-ring (bicyclic) bond motifs is 1. The SMILES string of the molecule is Cc1ccc(C(=O)c2c(O)c(O)n(-c3nc4ccc(Cl)cc4s3)c2-c2cccc(F)c2)o1. The van der Waals surface area contributed by atoms with Crippen LogP contribution in [0.3, 0.4) is 0 Å². The molecule has 5 aromatic rings. The maximum atomic E-state index is 14.1. The van der Waals surface area contributed by atoms with Crippen molar-refractivity contribution < 1.29 is 23.8 Å². The van der Waals surface area contributed by atoms with Crippen LogP contribution in [0.15, 0.2) is 59.0 Å². The highest BCUT2D eigenvalue weighted by molar-refractivity contribution is 7.20. The molecule has 0 spiro atoms. The largest absolute Gasteiger partial charge is 0.503 e. The van der Waals surface area contributed by atoms with Crippen LogP contribution < -0.4 is 0 Å². The Bertz CT molecular complexity index is 1520. The molecule has 0 aliphatic carbocycles. The molecule has 0 aliphatic heterocycles. The molecule has 0 unspecified atom stereocenters. The predicted octanol–water partition coefficient (Wildman–Crippen LogP) is 6.09. The van der Waals surface area contributed by atoms with Crippen LogP contribution in [0.4, 0.5) is 4.39 Å². The van der Waals surface area contributed by atoms with Gasteiger partial charge in [0.1, 0.15) is 11.6 Å². The second-order valence-electron chi connectivity index (χ2n) is 7.09. The second-order valence-corrected chi connectivity index (χ2v) is 8.54. The molecule has 0 amide bonds. The molecule has 0 aliphatic rings. The van der Waals surface area contributed by atoms with E-state index in [2.05, 4.69) is 4.98 Å². The first-order chi connectivity index (χ1) is 15.3. The molecule has 5 rings (SSSR count). The van der Waals surface area contributed by atoms with Crippen molar-refractivity contribution in [1.82, 2.24) is 9.55 Å². The highest BCUT2D eigenvalue weighted by Gasteiger charge is 2.32. The van der Waals surface area contributed by atoms with E-state index in [1.807, 2.05) is 0 Å². The van der Waals surface area contributed by atoms with Gasteiger partial charge in [0.15, 0.2) is 16.6 Å². The van der Waals surface area contributed by atoms with Crippen molar-refractivity contribution in [2.75, 3.05) is 0 Å². The Labute approximate surface area is 189 Å². The maximum absolute atomic E-state index is 14.1. The van der Waals surface area contributed by atoms with Gasteiger partial charge in [-0.3, -0.25) is 9.36 Å². The Morgan fingerprint density at radius 3 is 2.69 bits per heavy atom. The third kappa shape index (κ3) is 3.24. The van der Waals surface area contributed by atoms with Crippen molar-refractivity contribution in [3.05, 3.63) is 82.5 Å². The highest BCUT2D eigenvalue weighted by Crippen LogP contribution is 2.45. The Kier molecular flexibility index (Phi) is 4.76. The predicted molar refractivity (Wildman–Crippen MR) is 120 cm³/mol. The van der Waals surface area contributed by atoms with E-state index in [1.165, 1.54) is 40.2 Å². The number of hydrogen-bond donors (Lipinski definition) is 2. The number of hydrogen-bond acceptors (Lipinski definition) is 6. The van der Waals surface area contributed by atoms with Crippen LogP contribution in [0.5, 0.6) is 11.6 Å². The summed E-state index contributed by atoms with van der Waals surface area (Å²) in [4.78, 5) is 17.8. The summed E-state index contributed by atoms with van der Waals surface area (Å²) in [6.07, 6.45) is 0. The fourth-order valence-corrected chi connectivity index (χ4v) is 4.77. The number of halogens is 2. The number of aromatic nitrogens is 2. The fourth-order valence-electron chi connectivity index (χ4n) is 3.52. The van der Waals surface area contributed by atoms with Gasteiger partial charge in [0.2, 0.25) is 11.7 Å². The monoisotopic (exact) mass is 468 g/mol. The maximum Gasteiger partial charge on any atom is 0.242 e. The summed E-state index contributed by atoms with van der Waals surface area (Å²) >= 11 is 7.27. The van der Waals surface area contributed by atoms with Gasteiger partial charge in [0.25, 0.3) is 0 Å². The third-order valence-electron chi connectivity index (χ3n) is 4.94. The smallest absolute Gasteiger partial charge is 0.242 e. The molecule has 32 heavy (non-hydrogen) atoms. The lowest BCUT2D eigenvalue weighted by Gasteiger charge is -2.09. The summed E-state index contributed by atoms with van der Waals surface area (Å²) in [7, 11) is 0. The molecule has 9 heteroatoms. The highest BCUT2D eigenvalue weighted by atomic mass is 35.5. The average molecular weight is 469 g/mol. The number of aryl methyl sites for hydroxylation is 1. The molecule has 0 radical (unpaired) electrons. The second kappa shape index (κ2) is 7.51. The minimum Gasteiger partial charge on any atom is -0.503 e. The van der Waals surface area contributed by atoms with Crippen LogP contribution >= 0.6 is 22.9 Å². The quantitative estimate of drug-likeness (QED) is 0.311. The zero-order chi connectivity index (χ0) is 22.6. The molecule has 0 bridgehead atoms. The van der Waals surface area contributed by atoms with E-state index in [9.17, 15) is 19.4 Å². The number of ketones is 1. The minimum absolute atomic E-state index is 0.0244. The molecule has 0 saturated heterocycles. The number of nitrogens with zero attached hydrogens (tertiary/aromatic N) is 2. The van der Waals surface area contributed by atoms with Gasteiger partial charge in [-0.25, -0.2) is 9.37 Å². The number of rotatable bonds is 4. The summed E-state index contributed by atoms with van der Waals surface area (Å²) in [6, 6.07) is 13.7.